The third-order valence-corrected chi connectivity index (χ3v) is 3.25. The first-order valence-electron chi connectivity index (χ1n) is 3.45. The summed E-state index contributed by atoms with van der Waals surface area (Å²) in [7, 11) is 0. The van der Waals surface area contributed by atoms with Gasteiger partial charge >= 0.3 is 0 Å². The molecule has 1 aromatic heterocycles. The number of halogens is 1. The Bertz CT molecular complexity index is 322. The van der Waals surface area contributed by atoms with Crippen molar-refractivity contribution in [2.24, 2.45) is 0 Å². The van der Waals surface area contributed by atoms with Crippen LogP contribution in [0, 0.1) is 12.3 Å². The van der Waals surface area contributed by atoms with Gasteiger partial charge in [-0.1, -0.05) is 0 Å². The molecule has 12 heavy (non-hydrogen) atoms. The van der Waals surface area contributed by atoms with Gasteiger partial charge in [-0.2, -0.15) is 0 Å². The monoisotopic (exact) mass is 242 g/mol. The lowest BCUT2D eigenvalue weighted by Gasteiger charge is -1.93. The van der Waals surface area contributed by atoms with Gasteiger partial charge in [0.25, 0.3) is 0 Å². The van der Waals surface area contributed by atoms with Gasteiger partial charge in [-0.25, -0.2) is 0 Å². The maximum absolute atomic E-state index is 11.4. The number of carbonyl (C=O) groups is 1. The average Bonchev–Trinajstić information content (AvgIpc) is 2.47. The van der Waals surface area contributed by atoms with Crippen LogP contribution in [-0.4, -0.2) is 5.78 Å². The molecule has 0 radical (unpaired) electrons. The molecule has 0 atom stereocenters. The van der Waals surface area contributed by atoms with Crippen molar-refractivity contribution in [2.75, 3.05) is 0 Å². The van der Waals surface area contributed by atoms with Gasteiger partial charge < -0.3 is 0 Å². The summed E-state index contributed by atoms with van der Waals surface area (Å²) in [5, 5.41) is 1.88. The predicted molar refractivity (Wildman–Crippen MR) is 54.4 cm³/mol. The zero-order chi connectivity index (χ0) is 8.97. The molecule has 62 valence electrons. The zero-order valence-corrected chi connectivity index (χ0v) is 8.74. The molecule has 0 aliphatic rings. The number of terminal acetylenes is 1. The van der Waals surface area contributed by atoms with Crippen molar-refractivity contribution in [2.45, 2.75) is 12.8 Å². The molecule has 0 saturated heterocycles. The number of thiophene rings is 1. The number of Topliss-reactive ketones (excluding diaryl/α,β-unsaturated/α-hetero) is 1. The van der Waals surface area contributed by atoms with Crippen molar-refractivity contribution in [1.29, 1.82) is 0 Å². The summed E-state index contributed by atoms with van der Waals surface area (Å²) in [6.07, 6.45) is 6.01. The van der Waals surface area contributed by atoms with Gasteiger partial charge in [0, 0.05) is 17.3 Å². The summed E-state index contributed by atoms with van der Waals surface area (Å²) in [6, 6.07) is 1.87. The number of hydrogen-bond acceptors (Lipinski definition) is 2. The van der Waals surface area contributed by atoms with E-state index >= 15 is 0 Å². The molecule has 0 N–H and O–H groups in total. The Hall–Kier alpha value is -0.590. The Morgan fingerprint density at radius 2 is 2.50 bits per heavy atom. The molecule has 0 spiro atoms. The highest BCUT2D eigenvalue weighted by molar-refractivity contribution is 9.10. The lowest BCUT2D eigenvalue weighted by molar-refractivity contribution is 0.0987. The minimum atomic E-state index is 0.120. The van der Waals surface area contributed by atoms with Crippen LogP contribution in [0.4, 0.5) is 0 Å². The summed E-state index contributed by atoms with van der Waals surface area (Å²) in [5.74, 6) is 2.57. The normalized spacial score (nSPS) is 9.33. The molecule has 1 nitrogen and oxygen atoms in total. The number of carbonyl (C=O) groups excluding carboxylic acids is 1. The number of rotatable bonds is 3. The lowest BCUT2D eigenvalue weighted by Crippen LogP contribution is -1.95. The van der Waals surface area contributed by atoms with Crippen LogP contribution in [0.1, 0.15) is 22.5 Å². The fraction of sp³-hybridized carbons (Fsp3) is 0.222. The minimum Gasteiger partial charge on any atom is -0.293 e. The SMILES string of the molecule is C#CCCC(=O)c1sccc1Br. The largest absolute Gasteiger partial charge is 0.293 e. The molecule has 0 bridgehead atoms. The van der Waals surface area contributed by atoms with Crippen LogP contribution in [0.25, 0.3) is 0 Å². The van der Waals surface area contributed by atoms with Gasteiger partial charge in [-0.15, -0.1) is 23.7 Å². The summed E-state index contributed by atoms with van der Waals surface area (Å²) in [6.45, 7) is 0. The second-order valence-corrected chi connectivity index (χ2v) is 4.00. The van der Waals surface area contributed by atoms with E-state index in [1.807, 2.05) is 11.4 Å². The van der Waals surface area contributed by atoms with Gasteiger partial charge in [0.2, 0.25) is 0 Å². The van der Waals surface area contributed by atoms with E-state index < -0.39 is 0 Å². The van der Waals surface area contributed by atoms with Crippen molar-refractivity contribution in [1.82, 2.24) is 0 Å². The molecule has 0 aliphatic heterocycles. The average molecular weight is 243 g/mol. The molecule has 0 saturated carbocycles. The Kier molecular flexibility index (Phi) is 3.51. The van der Waals surface area contributed by atoms with Gasteiger partial charge in [-0.3, -0.25) is 4.79 Å². The van der Waals surface area contributed by atoms with Crippen LogP contribution in [0.2, 0.25) is 0 Å². The highest BCUT2D eigenvalue weighted by Gasteiger charge is 2.09. The second kappa shape index (κ2) is 4.44. The Morgan fingerprint density at radius 1 is 1.75 bits per heavy atom. The maximum atomic E-state index is 11.4. The second-order valence-electron chi connectivity index (χ2n) is 2.22. The summed E-state index contributed by atoms with van der Waals surface area (Å²) < 4.78 is 0.870. The lowest BCUT2D eigenvalue weighted by atomic mass is 10.2. The summed E-state index contributed by atoms with van der Waals surface area (Å²) in [5.41, 5.74) is 0. The fourth-order valence-corrected chi connectivity index (χ4v) is 2.35. The molecule has 1 rings (SSSR count). The first-order chi connectivity index (χ1) is 5.75. The van der Waals surface area contributed by atoms with Crippen molar-refractivity contribution < 1.29 is 4.79 Å². The van der Waals surface area contributed by atoms with E-state index in [1.165, 1.54) is 11.3 Å². The van der Waals surface area contributed by atoms with Gasteiger partial charge in [0.05, 0.1) is 4.88 Å². The van der Waals surface area contributed by atoms with E-state index in [0.717, 1.165) is 9.35 Å². The number of hydrogen-bond donors (Lipinski definition) is 0. The third kappa shape index (κ3) is 2.20. The highest BCUT2D eigenvalue weighted by atomic mass is 79.9. The molecule has 1 heterocycles. The maximum Gasteiger partial charge on any atom is 0.174 e. The fourth-order valence-electron chi connectivity index (χ4n) is 0.792. The smallest absolute Gasteiger partial charge is 0.174 e. The number of ketones is 1. The van der Waals surface area contributed by atoms with Gasteiger partial charge in [-0.05, 0) is 27.4 Å². The predicted octanol–water partition coefficient (Wildman–Crippen LogP) is 3.11. The third-order valence-electron chi connectivity index (χ3n) is 1.37. The van der Waals surface area contributed by atoms with Crippen molar-refractivity contribution in [3.05, 3.63) is 20.8 Å². The molecular formula is C9H7BrOS. The van der Waals surface area contributed by atoms with Crippen LogP contribution in [-0.2, 0) is 0 Å². The van der Waals surface area contributed by atoms with E-state index in [9.17, 15) is 4.79 Å². The van der Waals surface area contributed by atoms with E-state index in [4.69, 9.17) is 6.42 Å². The van der Waals surface area contributed by atoms with Gasteiger partial charge in [0.1, 0.15) is 0 Å². The highest BCUT2D eigenvalue weighted by Crippen LogP contribution is 2.24. The van der Waals surface area contributed by atoms with E-state index in [0.29, 0.717) is 12.8 Å². The van der Waals surface area contributed by atoms with Crippen molar-refractivity contribution >= 4 is 33.0 Å². The minimum absolute atomic E-state index is 0.120. The molecule has 0 amide bonds. The Morgan fingerprint density at radius 3 is 3.00 bits per heavy atom. The van der Waals surface area contributed by atoms with E-state index in [-0.39, 0.29) is 5.78 Å². The summed E-state index contributed by atoms with van der Waals surface area (Å²) in [4.78, 5) is 12.1. The topological polar surface area (TPSA) is 17.1 Å². The van der Waals surface area contributed by atoms with E-state index in [2.05, 4.69) is 21.9 Å². The van der Waals surface area contributed by atoms with Crippen LogP contribution in [0.3, 0.4) is 0 Å². The van der Waals surface area contributed by atoms with Crippen LogP contribution in [0.5, 0.6) is 0 Å². The van der Waals surface area contributed by atoms with Crippen LogP contribution in [0.15, 0.2) is 15.9 Å². The Labute approximate surface area is 83.9 Å². The molecule has 3 heteroatoms. The van der Waals surface area contributed by atoms with E-state index in [1.54, 1.807) is 0 Å². The zero-order valence-electron chi connectivity index (χ0n) is 6.34. The molecule has 0 aliphatic carbocycles. The van der Waals surface area contributed by atoms with Crippen LogP contribution >= 0.6 is 27.3 Å². The molecule has 0 fully saturated rings. The molecular weight excluding hydrogens is 236 g/mol. The molecule has 1 aromatic rings. The standard InChI is InChI=1S/C9H7BrOS/c1-2-3-4-8(11)9-7(10)5-6-12-9/h1,5-6H,3-4H2. The van der Waals surface area contributed by atoms with Crippen molar-refractivity contribution in [3.63, 3.8) is 0 Å². The summed E-state index contributed by atoms with van der Waals surface area (Å²) >= 11 is 4.74. The van der Waals surface area contributed by atoms with Crippen molar-refractivity contribution in [3.8, 4) is 12.3 Å². The molecule has 0 aromatic carbocycles. The molecule has 0 unspecified atom stereocenters. The quantitative estimate of drug-likeness (QED) is 0.588. The first-order valence-corrected chi connectivity index (χ1v) is 5.12. The Balaban J connectivity index is 2.67. The van der Waals surface area contributed by atoms with Crippen LogP contribution < -0.4 is 0 Å². The van der Waals surface area contributed by atoms with Gasteiger partial charge in [0.15, 0.2) is 5.78 Å². The first kappa shape index (κ1) is 9.50.